The molecule has 0 unspecified atom stereocenters. The van der Waals surface area contributed by atoms with Gasteiger partial charge in [-0.25, -0.2) is 13.4 Å². The van der Waals surface area contributed by atoms with Gasteiger partial charge in [-0.1, -0.05) is 19.1 Å². The maximum atomic E-state index is 13.2. The third-order valence-electron chi connectivity index (χ3n) is 5.85. The number of rotatable bonds is 5. The van der Waals surface area contributed by atoms with E-state index in [0.29, 0.717) is 11.3 Å². The van der Waals surface area contributed by atoms with Gasteiger partial charge < -0.3 is 10.1 Å². The van der Waals surface area contributed by atoms with Crippen LogP contribution in [0.25, 0.3) is 16.9 Å². The molecule has 1 N–H and O–H groups in total. The van der Waals surface area contributed by atoms with E-state index in [2.05, 4.69) is 10.3 Å². The van der Waals surface area contributed by atoms with Gasteiger partial charge in [0.05, 0.1) is 23.7 Å². The smallest absolute Gasteiger partial charge is 0.230 e. The number of benzene rings is 1. The third-order valence-corrected chi connectivity index (χ3v) is 8.35. The van der Waals surface area contributed by atoms with E-state index in [1.54, 1.807) is 43.6 Å². The highest BCUT2D eigenvalue weighted by Gasteiger charge is 2.44. The van der Waals surface area contributed by atoms with Gasteiger partial charge in [-0.05, 0) is 45.7 Å². The quantitative estimate of drug-likeness (QED) is 0.637. The Morgan fingerprint density at radius 2 is 1.94 bits per heavy atom. The summed E-state index contributed by atoms with van der Waals surface area (Å²) in [6, 6.07) is 9.10. The van der Waals surface area contributed by atoms with Crippen LogP contribution in [-0.4, -0.2) is 35.6 Å². The van der Waals surface area contributed by atoms with Gasteiger partial charge in [0.15, 0.2) is 9.84 Å². The van der Waals surface area contributed by atoms with E-state index in [-0.39, 0.29) is 22.0 Å². The van der Waals surface area contributed by atoms with Crippen LogP contribution in [0.3, 0.4) is 0 Å². The number of nitrogens with zero attached hydrogens (tertiary/aromatic N) is 2. The number of nitrogens with one attached hydrogen (secondary N) is 1. The van der Waals surface area contributed by atoms with Crippen molar-refractivity contribution in [3.63, 3.8) is 0 Å². The molecule has 7 nitrogen and oxygen atoms in total. The van der Waals surface area contributed by atoms with Crippen molar-refractivity contribution in [1.82, 2.24) is 9.38 Å². The Bertz CT molecular complexity index is 1280. The molecule has 2 heterocycles. The van der Waals surface area contributed by atoms with Crippen LogP contribution < -0.4 is 10.1 Å². The van der Waals surface area contributed by atoms with Gasteiger partial charge in [0.25, 0.3) is 0 Å². The molecular weight excluding hydrogens is 414 g/mol. The molecule has 8 heteroatoms. The summed E-state index contributed by atoms with van der Waals surface area (Å²) < 4.78 is 32.4. The first-order valence-corrected chi connectivity index (χ1v) is 11.7. The van der Waals surface area contributed by atoms with E-state index in [1.807, 2.05) is 31.2 Å². The molecule has 1 saturated carbocycles. The number of sulfone groups is 1. The monoisotopic (exact) mass is 441 g/mol. The molecule has 31 heavy (non-hydrogen) atoms. The summed E-state index contributed by atoms with van der Waals surface area (Å²) in [6.45, 7) is 6.94. The normalized spacial score (nSPS) is 15.6. The fourth-order valence-corrected chi connectivity index (χ4v) is 4.66. The van der Waals surface area contributed by atoms with E-state index in [4.69, 9.17) is 4.74 Å². The lowest BCUT2D eigenvalue weighted by Gasteiger charge is -2.21. The van der Waals surface area contributed by atoms with Crippen LogP contribution in [0.1, 0.15) is 40.5 Å². The number of methoxy groups -OCH3 is 1. The maximum Gasteiger partial charge on any atom is 0.230 e. The molecule has 164 valence electrons. The minimum Gasteiger partial charge on any atom is -0.495 e. The van der Waals surface area contributed by atoms with E-state index in [1.165, 1.54) is 7.11 Å². The van der Waals surface area contributed by atoms with Crippen molar-refractivity contribution < 1.29 is 17.9 Å². The van der Waals surface area contributed by atoms with Crippen LogP contribution in [-0.2, 0) is 14.6 Å². The molecule has 0 aliphatic heterocycles. The second kappa shape index (κ2) is 7.09. The lowest BCUT2D eigenvalue weighted by atomic mass is 10.1. The summed E-state index contributed by atoms with van der Waals surface area (Å²) >= 11 is 0. The number of carbonyl (C=O) groups excluding carboxylic acids is 1. The van der Waals surface area contributed by atoms with E-state index >= 15 is 0 Å². The van der Waals surface area contributed by atoms with E-state index in [9.17, 15) is 13.2 Å². The zero-order chi connectivity index (χ0) is 22.6. The highest BCUT2D eigenvalue weighted by atomic mass is 32.2. The second-order valence-electron chi connectivity index (χ2n) is 9.29. The van der Waals surface area contributed by atoms with Gasteiger partial charge in [0.1, 0.15) is 16.3 Å². The fraction of sp³-hybridized carbons (Fsp3) is 0.391. The Kier molecular flexibility index (Phi) is 4.88. The summed E-state index contributed by atoms with van der Waals surface area (Å²) in [7, 11) is -2.20. The molecule has 4 rings (SSSR count). The van der Waals surface area contributed by atoms with Crippen LogP contribution in [0.15, 0.2) is 47.6 Å². The molecule has 1 aliphatic carbocycles. The molecule has 1 aromatic carbocycles. The summed E-state index contributed by atoms with van der Waals surface area (Å²) in [5.74, 6) is 0.282. The molecule has 1 aliphatic rings. The summed E-state index contributed by atoms with van der Waals surface area (Å²) in [5.41, 5.74) is 2.53. The number of hydrogen-bond donors (Lipinski definition) is 1. The Morgan fingerprint density at radius 3 is 2.55 bits per heavy atom. The van der Waals surface area contributed by atoms with Crippen molar-refractivity contribution in [1.29, 1.82) is 0 Å². The Hall–Kier alpha value is -2.87. The molecule has 1 fully saturated rings. The summed E-state index contributed by atoms with van der Waals surface area (Å²) in [4.78, 5) is 17.0. The number of fused-ring (bicyclic) bond motifs is 1. The van der Waals surface area contributed by atoms with Crippen LogP contribution in [0.5, 0.6) is 5.75 Å². The number of pyridine rings is 1. The average Bonchev–Trinajstić information content (AvgIpc) is 3.33. The number of anilines is 1. The molecule has 0 radical (unpaired) electrons. The Labute approximate surface area is 182 Å². The van der Waals surface area contributed by atoms with Crippen molar-refractivity contribution in [3.8, 4) is 17.0 Å². The predicted octanol–water partition coefficient (Wildman–Crippen LogP) is 4.32. The topological polar surface area (TPSA) is 89.8 Å². The second-order valence-corrected chi connectivity index (χ2v) is 12.0. The minimum atomic E-state index is -3.65. The lowest BCUT2D eigenvalue weighted by Crippen LogP contribution is -2.28. The standard InChI is InChI=1S/C23H27N3O4S/c1-22(2,3)31(28,29)19-14-26-17(13-24-20(26)12-18(19)30-5)15-7-6-8-16(11-15)25-21(27)23(4)9-10-23/h6-8,11-14H,9-10H2,1-5H3,(H,25,27). The van der Waals surface area contributed by atoms with Gasteiger partial charge in [-0.2, -0.15) is 0 Å². The lowest BCUT2D eigenvalue weighted by molar-refractivity contribution is -0.120. The zero-order valence-corrected chi connectivity index (χ0v) is 19.2. The number of aromatic nitrogens is 2. The first kappa shape index (κ1) is 21.4. The van der Waals surface area contributed by atoms with Crippen molar-refractivity contribution in [3.05, 3.63) is 42.7 Å². The SMILES string of the molecule is COc1cc2ncc(-c3cccc(NC(=O)C4(C)CC4)c3)n2cc1S(=O)(=O)C(C)(C)C. The Morgan fingerprint density at radius 1 is 1.23 bits per heavy atom. The number of hydrogen-bond acceptors (Lipinski definition) is 5. The van der Waals surface area contributed by atoms with Gasteiger partial charge >= 0.3 is 0 Å². The zero-order valence-electron chi connectivity index (χ0n) is 18.4. The highest BCUT2D eigenvalue weighted by molar-refractivity contribution is 7.92. The predicted molar refractivity (Wildman–Crippen MR) is 120 cm³/mol. The van der Waals surface area contributed by atoms with E-state index in [0.717, 1.165) is 24.1 Å². The molecule has 2 aromatic heterocycles. The van der Waals surface area contributed by atoms with Crippen LogP contribution >= 0.6 is 0 Å². The van der Waals surface area contributed by atoms with E-state index < -0.39 is 14.6 Å². The molecule has 0 spiro atoms. The number of carbonyl (C=O) groups is 1. The number of imidazole rings is 1. The molecular formula is C23H27N3O4S. The van der Waals surface area contributed by atoms with Crippen molar-refractivity contribution in [2.75, 3.05) is 12.4 Å². The van der Waals surface area contributed by atoms with Crippen molar-refractivity contribution >= 4 is 27.1 Å². The van der Waals surface area contributed by atoms with Crippen molar-refractivity contribution in [2.45, 2.75) is 50.2 Å². The maximum absolute atomic E-state index is 13.2. The molecule has 0 atom stereocenters. The molecule has 3 aromatic rings. The van der Waals surface area contributed by atoms with Gasteiger partial charge in [0, 0.05) is 28.9 Å². The van der Waals surface area contributed by atoms with Crippen LogP contribution in [0, 0.1) is 5.41 Å². The Balaban J connectivity index is 1.80. The fourth-order valence-electron chi connectivity index (χ4n) is 3.34. The summed E-state index contributed by atoms with van der Waals surface area (Å²) in [5, 5.41) is 2.98. The largest absolute Gasteiger partial charge is 0.495 e. The minimum absolute atomic E-state index is 0.0195. The van der Waals surface area contributed by atoms with Crippen molar-refractivity contribution in [2.24, 2.45) is 5.41 Å². The molecule has 1 amide bonds. The third kappa shape index (κ3) is 3.69. The highest BCUT2D eigenvalue weighted by Crippen LogP contribution is 2.45. The van der Waals surface area contributed by atoms with Crippen LogP contribution in [0.4, 0.5) is 5.69 Å². The van der Waals surface area contributed by atoms with Gasteiger partial charge in [-0.15, -0.1) is 0 Å². The summed E-state index contributed by atoms with van der Waals surface area (Å²) in [6.07, 6.45) is 5.05. The average molecular weight is 442 g/mol. The molecule has 0 saturated heterocycles. The first-order chi connectivity index (χ1) is 14.5. The molecule has 0 bridgehead atoms. The van der Waals surface area contributed by atoms with Crippen LogP contribution in [0.2, 0.25) is 0 Å². The van der Waals surface area contributed by atoms with Gasteiger partial charge in [0.2, 0.25) is 5.91 Å². The number of amides is 1. The van der Waals surface area contributed by atoms with Gasteiger partial charge in [-0.3, -0.25) is 9.20 Å². The first-order valence-electron chi connectivity index (χ1n) is 10.2. The number of ether oxygens (including phenoxy) is 1.